The van der Waals surface area contributed by atoms with Gasteiger partial charge in [-0.3, -0.25) is 9.78 Å². The van der Waals surface area contributed by atoms with Crippen molar-refractivity contribution < 1.29 is 18.8 Å². The van der Waals surface area contributed by atoms with Crippen LogP contribution in [0.2, 0.25) is 0 Å². The second-order valence-electron chi connectivity index (χ2n) is 7.74. The van der Waals surface area contributed by atoms with E-state index in [9.17, 15) is 4.79 Å². The number of amides is 1. The summed E-state index contributed by atoms with van der Waals surface area (Å²) >= 11 is 0. The topological polar surface area (TPSA) is 90.6 Å². The van der Waals surface area contributed by atoms with Gasteiger partial charge in [-0.05, 0) is 20.3 Å². The van der Waals surface area contributed by atoms with E-state index in [1.165, 1.54) is 0 Å². The van der Waals surface area contributed by atoms with Crippen LogP contribution in [0.3, 0.4) is 0 Å². The molecular formula is C20H26N4O4. The maximum Gasteiger partial charge on any atom is 0.259 e. The van der Waals surface area contributed by atoms with E-state index in [1.807, 2.05) is 18.7 Å². The standard InChI is InChI=1S/C20H26N4O4/c1-4-5-16-18(14(3)23-28-16)19(25)24-11-20(12-24)8-15(6-7-26-20)27-17-10-21-9-13(2)22-17/h9-10,15H,4-8,11-12H2,1-3H3/t15-/m0/s1. The zero-order valence-electron chi connectivity index (χ0n) is 16.6. The molecule has 1 spiro atoms. The van der Waals surface area contributed by atoms with Crippen LogP contribution in [0.25, 0.3) is 0 Å². The Kier molecular flexibility index (Phi) is 5.05. The Morgan fingerprint density at radius 1 is 1.36 bits per heavy atom. The van der Waals surface area contributed by atoms with Crippen LogP contribution in [0.1, 0.15) is 53.7 Å². The molecule has 8 nitrogen and oxygen atoms in total. The number of hydrogen-bond acceptors (Lipinski definition) is 7. The maximum atomic E-state index is 13.0. The van der Waals surface area contributed by atoms with Gasteiger partial charge < -0.3 is 18.9 Å². The van der Waals surface area contributed by atoms with E-state index in [2.05, 4.69) is 22.0 Å². The number of rotatable bonds is 5. The number of hydrogen-bond donors (Lipinski definition) is 0. The summed E-state index contributed by atoms with van der Waals surface area (Å²) in [5, 5.41) is 3.98. The van der Waals surface area contributed by atoms with Gasteiger partial charge in [0.2, 0.25) is 5.88 Å². The molecule has 0 aromatic carbocycles. The molecule has 2 saturated heterocycles. The minimum absolute atomic E-state index is 0.00934. The summed E-state index contributed by atoms with van der Waals surface area (Å²) in [4.78, 5) is 23.3. The summed E-state index contributed by atoms with van der Waals surface area (Å²) in [7, 11) is 0. The van der Waals surface area contributed by atoms with E-state index in [0.717, 1.165) is 25.0 Å². The van der Waals surface area contributed by atoms with Crippen molar-refractivity contribution in [2.75, 3.05) is 19.7 Å². The average molecular weight is 386 g/mol. The lowest BCUT2D eigenvalue weighted by molar-refractivity contribution is -0.174. The Morgan fingerprint density at radius 2 is 2.18 bits per heavy atom. The predicted molar refractivity (Wildman–Crippen MR) is 100 cm³/mol. The summed E-state index contributed by atoms with van der Waals surface area (Å²) in [6.07, 6.45) is 6.50. The molecule has 28 heavy (non-hydrogen) atoms. The normalized spacial score (nSPS) is 20.8. The van der Waals surface area contributed by atoms with Gasteiger partial charge in [-0.25, -0.2) is 4.98 Å². The van der Waals surface area contributed by atoms with Crippen molar-refractivity contribution in [2.24, 2.45) is 0 Å². The summed E-state index contributed by atoms with van der Waals surface area (Å²) in [5.74, 6) is 1.19. The number of likely N-dealkylation sites (tertiary alicyclic amines) is 1. The van der Waals surface area contributed by atoms with Gasteiger partial charge in [-0.2, -0.15) is 0 Å². The van der Waals surface area contributed by atoms with Crippen molar-refractivity contribution in [3.05, 3.63) is 35.1 Å². The number of ether oxygens (including phenoxy) is 2. The average Bonchev–Trinajstić information content (AvgIpc) is 3.00. The van der Waals surface area contributed by atoms with Crippen molar-refractivity contribution in [3.63, 3.8) is 0 Å². The van der Waals surface area contributed by atoms with Crippen LogP contribution in [0.15, 0.2) is 16.9 Å². The smallest absolute Gasteiger partial charge is 0.259 e. The van der Waals surface area contributed by atoms with Crippen molar-refractivity contribution >= 4 is 5.91 Å². The van der Waals surface area contributed by atoms with Gasteiger partial charge in [-0.15, -0.1) is 0 Å². The van der Waals surface area contributed by atoms with Crippen LogP contribution in [-0.4, -0.2) is 57.3 Å². The van der Waals surface area contributed by atoms with Crippen LogP contribution >= 0.6 is 0 Å². The zero-order valence-corrected chi connectivity index (χ0v) is 16.6. The molecule has 4 rings (SSSR count). The molecule has 1 atom stereocenters. The molecule has 0 N–H and O–H groups in total. The van der Waals surface area contributed by atoms with Gasteiger partial charge in [0, 0.05) is 25.5 Å². The third kappa shape index (κ3) is 3.61. The highest BCUT2D eigenvalue weighted by molar-refractivity contribution is 5.96. The monoisotopic (exact) mass is 386 g/mol. The largest absolute Gasteiger partial charge is 0.473 e. The third-order valence-electron chi connectivity index (χ3n) is 5.34. The molecule has 0 unspecified atom stereocenters. The Labute approximate surface area is 164 Å². The lowest BCUT2D eigenvalue weighted by Gasteiger charge is -2.52. The van der Waals surface area contributed by atoms with Gasteiger partial charge in [-0.1, -0.05) is 12.1 Å². The lowest BCUT2D eigenvalue weighted by Crippen LogP contribution is -2.67. The SMILES string of the molecule is CCCc1onc(C)c1C(=O)N1CC2(C[C@@H](Oc3cncc(C)n3)CCO2)C1. The first-order chi connectivity index (χ1) is 13.5. The van der Waals surface area contributed by atoms with Crippen LogP contribution in [0.5, 0.6) is 5.88 Å². The number of aromatic nitrogens is 3. The van der Waals surface area contributed by atoms with Crippen molar-refractivity contribution in [1.82, 2.24) is 20.0 Å². The van der Waals surface area contributed by atoms with Crippen molar-refractivity contribution in [2.45, 2.75) is 58.2 Å². The zero-order chi connectivity index (χ0) is 19.7. The second-order valence-corrected chi connectivity index (χ2v) is 7.74. The van der Waals surface area contributed by atoms with Gasteiger partial charge in [0.1, 0.15) is 23.0 Å². The van der Waals surface area contributed by atoms with Crippen molar-refractivity contribution in [1.29, 1.82) is 0 Å². The van der Waals surface area contributed by atoms with E-state index in [4.69, 9.17) is 14.0 Å². The highest BCUT2D eigenvalue weighted by atomic mass is 16.5. The van der Waals surface area contributed by atoms with Crippen LogP contribution in [0, 0.1) is 13.8 Å². The van der Waals surface area contributed by atoms with Gasteiger partial charge in [0.15, 0.2) is 0 Å². The molecule has 2 aromatic heterocycles. The van der Waals surface area contributed by atoms with E-state index in [0.29, 0.717) is 49.0 Å². The minimum atomic E-state index is -0.341. The summed E-state index contributed by atoms with van der Waals surface area (Å²) in [6, 6.07) is 0. The molecule has 1 amide bonds. The molecular weight excluding hydrogens is 360 g/mol. The Hall–Kier alpha value is -2.48. The van der Waals surface area contributed by atoms with Gasteiger partial charge >= 0.3 is 0 Å². The molecule has 2 aliphatic heterocycles. The van der Waals surface area contributed by atoms with E-state index in [-0.39, 0.29) is 17.6 Å². The molecule has 0 radical (unpaired) electrons. The fraction of sp³-hybridized carbons (Fsp3) is 0.600. The molecule has 0 aliphatic carbocycles. The number of aryl methyl sites for hydroxylation is 3. The number of nitrogens with zero attached hydrogens (tertiary/aromatic N) is 4. The fourth-order valence-electron chi connectivity index (χ4n) is 4.01. The molecule has 150 valence electrons. The Balaban J connectivity index is 1.39. The van der Waals surface area contributed by atoms with Crippen LogP contribution < -0.4 is 4.74 Å². The second kappa shape index (κ2) is 7.50. The molecule has 0 bridgehead atoms. The minimum Gasteiger partial charge on any atom is -0.473 e. The maximum absolute atomic E-state index is 13.0. The van der Waals surface area contributed by atoms with Gasteiger partial charge in [0.25, 0.3) is 5.91 Å². The number of carbonyl (C=O) groups is 1. The quantitative estimate of drug-likeness (QED) is 0.780. The first kappa shape index (κ1) is 18.9. The third-order valence-corrected chi connectivity index (χ3v) is 5.34. The predicted octanol–water partition coefficient (Wildman–Crippen LogP) is 2.49. The Bertz CT molecular complexity index is 860. The van der Waals surface area contributed by atoms with E-state index < -0.39 is 0 Å². The molecule has 2 aliphatic rings. The highest BCUT2D eigenvalue weighted by Crippen LogP contribution is 2.37. The van der Waals surface area contributed by atoms with Gasteiger partial charge in [0.05, 0.1) is 37.3 Å². The van der Waals surface area contributed by atoms with Crippen molar-refractivity contribution in [3.8, 4) is 5.88 Å². The van der Waals surface area contributed by atoms with Crippen LogP contribution in [0.4, 0.5) is 0 Å². The fourth-order valence-corrected chi connectivity index (χ4v) is 4.01. The summed E-state index contributed by atoms with van der Waals surface area (Å²) in [5.41, 5.74) is 1.74. The first-order valence-corrected chi connectivity index (χ1v) is 9.83. The molecule has 2 fully saturated rings. The highest BCUT2D eigenvalue weighted by Gasteiger charge is 2.50. The first-order valence-electron chi connectivity index (χ1n) is 9.83. The summed E-state index contributed by atoms with van der Waals surface area (Å²) in [6.45, 7) is 7.48. The van der Waals surface area contributed by atoms with E-state index >= 15 is 0 Å². The molecule has 0 saturated carbocycles. The summed E-state index contributed by atoms with van der Waals surface area (Å²) < 4.78 is 17.4. The Morgan fingerprint density at radius 3 is 2.93 bits per heavy atom. The molecule has 8 heteroatoms. The molecule has 2 aromatic rings. The number of carbonyl (C=O) groups excluding carboxylic acids is 1. The van der Waals surface area contributed by atoms with E-state index in [1.54, 1.807) is 12.4 Å². The lowest BCUT2D eigenvalue weighted by atomic mass is 9.84. The van der Waals surface area contributed by atoms with Crippen LogP contribution in [-0.2, 0) is 11.2 Å². The molecule has 4 heterocycles.